The van der Waals surface area contributed by atoms with E-state index >= 15 is 0 Å². The van der Waals surface area contributed by atoms with E-state index in [2.05, 4.69) is 20.7 Å². The van der Waals surface area contributed by atoms with Gasteiger partial charge in [0, 0.05) is 17.4 Å². The van der Waals surface area contributed by atoms with Crippen LogP contribution in [0.2, 0.25) is 0 Å². The van der Waals surface area contributed by atoms with Gasteiger partial charge in [-0.3, -0.25) is 10.1 Å². The van der Waals surface area contributed by atoms with E-state index in [1.54, 1.807) is 0 Å². The largest absolute Gasteiger partial charge is 0.466 e. The van der Waals surface area contributed by atoms with Gasteiger partial charge in [-0.2, -0.15) is 0 Å². The first-order chi connectivity index (χ1) is 6.91. The van der Waals surface area contributed by atoms with Crippen molar-refractivity contribution < 1.29 is 14.5 Å². The van der Waals surface area contributed by atoms with Gasteiger partial charge in [0.25, 0.3) is 5.54 Å². The van der Waals surface area contributed by atoms with Crippen LogP contribution in [0.5, 0.6) is 0 Å². The molecule has 0 heterocycles. The maximum absolute atomic E-state index is 11.2. The van der Waals surface area contributed by atoms with Gasteiger partial charge >= 0.3 is 5.97 Å². The lowest BCUT2D eigenvalue weighted by molar-refractivity contribution is -0.550. The molecule has 1 aliphatic rings. The summed E-state index contributed by atoms with van der Waals surface area (Å²) in [6.45, 7) is 1.46. The molecule has 0 fully saturated rings. The molecule has 5 nitrogen and oxygen atoms in total. The lowest BCUT2D eigenvalue weighted by atomic mass is 9.89. The number of allylic oxidation sites excluding steroid dienone is 2. The first-order valence-electron chi connectivity index (χ1n) is 4.21. The summed E-state index contributed by atoms with van der Waals surface area (Å²) >= 11 is 3.13. The van der Waals surface area contributed by atoms with Crippen LogP contribution in [-0.4, -0.2) is 23.5 Å². The number of nitro groups is 1. The highest BCUT2D eigenvalue weighted by Crippen LogP contribution is 2.35. The van der Waals surface area contributed by atoms with E-state index in [-0.39, 0.29) is 6.42 Å². The molecule has 0 radical (unpaired) electrons. The molecule has 6 heteroatoms. The normalized spacial score (nSPS) is 25.3. The molecule has 0 aromatic rings. The monoisotopic (exact) mass is 275 g/mol. The number of methoxy groups -OCH3 is 1. The Balaban J connectivity index is 3.04. The van der Waals surface area contributed by atoms with Gasteiger partial charge in [-0.1, -0.05) is 6.08 Å². The van der Waals surface area contributed by atoms with Crippen molar-refractivity contribution in [3.05, 3.63) is 32.3 Å². The Morgan fingerprint density at radius 3 is 2.73 bits per heavy atom. The van der Waals surface area contributed by atoms with Crippen LogP contribution in [0.3, 0.4) is 0 Å². The minimum Gasteiger partial charge on any atom is -0.466 e. The maximum atomic E-state index is 11.2. The lowest BCUT2D eigenvalue weighted by Gasteiger charge is -2.23. The van der Waals surface area contributed by atoms with Gasteiger partial charge < -0.3 is 4.74 Å². The standard InChI is InChI=1S/C9H10BrNO4/c1-9(11(13)14)5-6(8(12)15-2)3-4-7(9)10/h3-4H,5H2,1-2H3. The second-order valence-corrected chi connectivity index (χ2v) is 4.26. The van der Waals surface area contributed by atoms with Crippen LogP contribution in [0.15, 0.2) is 22.2 Å². The average molecular weight is 276 g/mol. The molecule has 1 unspecified atom stereocenters. The number of halogens is 1. The third kappa shape index (κ3) is 2.09. The molecule has 0 saturated heterocycles. The van der Waals surface area contributed by atoms with Crippen LogP contribution < -0.4 is 0 Å². The Hall–Kier alpha value is -1.17. The zero-order valence-electron chi connectivity index (χ0n) is 8.32. The molecule has 0 bridgehead atoms. The first-order valence-corrected chi connectivity index (χ1v) is 5.01. The molecule has 0 saturated carbocycles. The smallest absolute Gasteiger partial charge is 0.334 e. The van der Waals surface area contributed by atoms with Crippen molar-refractivity contribution in [2.75, 3.05) is 7.11 Å². The quantitative estimate of drug-likeness (QED) is 0.438. The number of ether oxygens (including phenoxy) is 1. The minimum atomic E-state index is -1.28. The van der Waals surface area contributed by atoms with E-state index in [1.165, 1.54) is 26.2 Å². The van der Waals surface area contributed by atoms with E-state index in [0.717, 1.165) is 0 Å². The van der Waals surface area contributed by atoms with E-state index in [0.29, 0.717) is 10.1 Å². The van der Waals surface area contributed by atoms with Crippen molar-refractivity contribution in [1.82, 2.24) is 0 Å². The second kappa shape index (κ2) is 4.14. The summed E-state index contributed by atoms with van der Waals surface area (Å²) in [7, 11) is 1.25. The SMILES string of the molecule is COC(=O)C1=CC=C(Br)C(C)([N+](=O)[O-])C1. The fraction of sp³-hybridized carbons (Fsp3) is 0.444. The van der Waals surface area contributed by atoms with E-state index in [9.17, 15) is 14.9 Å². The van der Waals surface area contributed by atoms with Gasteiger partial charge in [-0.15, -0.1) is 0 Å². The molecule has 0 aliphatic heterocycles. The fourth-order valence-corrected chi connectivity index (χ4v) is 1.71. The van der Waals surface area contributed by atoms with Gasteiger partial charge in [0.05, 0.1) is 18.0 Å². The molecule has 1 aliphatic carbocycles. The van der Waals surface area contributed by atoms with E-state index in [4.69, 9.17) is 0 Å². The third-order valence-corrected chi connectivity index (χ3v) is 3.45. The summed E-state index contributed by atoms with van der Waals surface area (Å²) < 4.78 is 4.98. The van der Waals surface area contributed by atoms with Crippen molar-refractivity contribution in [2.45, 2.75) is 18.9 Å². The first kappa shape index (κ1) is 11.9. The summed E-state index contributed by atoms with van der Waals surface area (Å²) in [5.74, 6) is -0.528. The molecule has 1 rings (SSSR count). The molecule has 82 valence electrons. The zero-order chi connectivity index (χ0) is 11.6. The highest BCUT2D eigenvalue weighted by atomic mass is 79.9. The van der Waals surface area contributed by atoms with Crippen molar-refractivity contribution in [2.24, 2.45) is 0 Å². The highest BCUT2D eigenvalue weighted by molar-refractivity contribution is 9.11. The van der Waals surface area contributed by atoms with E-state index in [1.807, 2.05) is 0 Å². The molecule has 0 aromatic heterocycles. The summed E-state index contributed by atoms with van der Waals surface area (Å²) in [6, 6.07) is 0. The highest BCUT2D eigenvalue weighted by Gasteiger charge is 2.44. The van der Waals surface area contributed by atoms with Crippen LogP contribution in [0.1, 0.15) is 13.3 Å². The van der Waals surface area contributed by atoms with Crippen molar-refractivity contribution in [3.8, 4) is 0 Å². The Labute approximate surface area is 95.1 Å². The number of carbonyl (C=O) groups excluding carboxylic acids is 1. The molecular weight excluding hydrogens is 266 g/mol. The Morgan fingerprint density at radius 1 is 1.67 bits per heavy atom. The second-order valence-electron chi connectivity index (χ2n) is 3.41. The predicted molar refractivity (Wildman–Crippen MR) is 57.1 cm³/mol. The number of rotatable bonds is 2. The molecule has 15 heavy (non-hydrogen) atoms. The zero-order valence-corrected chi connectivity index (χ0v) is 9.91. The number of hydrogen-bond donors (Lipinski definition) is 0. The molecule has 0 amide bonds. The minimum absolute atomic E-state index is 0.0315. The van der Waals surface area contributed by atoms with Crippen molar-refractivity contribution in [3.63, 3.8) is 0 Å². The lowest BCUT2D eigenvalue weighted by Crippen LogP contribution is -2.38. The Morgan fingerprint density at radius 2 is 2.27 bits per heavy atom. The van der Waals surface area contributed by atoms with Gasteiger partial charge in [-0.05, 0) is 22.0 Å². The summed E-state index contributed by atoms with van der Waals surface area (Å²) in [6.07, 6.45) is 3.07. The van der Waals surface area contributed by atoms with Crippen molar-refractivity contribution >= 4 is 21.9 Å². The Kier molecular flexibility index (Phi) is 3.28. The molecule has 1 atom stereocenters. The molecular formula is C9H10BrNO4. The van der Waals surface area contributed by atoms with Gasteiger partial charge in [0.15, 0.2) is 0 Å². The number of hydrogen-bond acceptors (Lipinski definition) is 4. The third-order valence-electron chi connectivity index (χ3n) is 2.33. The van der Waals surface area contributed by atoms with E-state index < -0.39 is 16.4 Å². The average Bonchev–Trinajstić information content (AvgIpc) is 2.20. The van der Waals surface area contributed by atoms with Crippen LogP contribution in [0.4, 0.5) is 0 Å². The van der Waals surface area contributed by atoms with Crippen molar-refractivity contribution in [1.29, 1.82) is 0 Å². The maximum Gasteiger partial charge on any atom is 0.334 e. The predicted octanol–water partition coefficient (Wildman–Crippen LogP) is 1.80. The number of carbonyl (C=O) groups is 1. The van der Waals surface area contributed by atoms with Crippen LogP contribution >= 0.6 is 15.9 Å². The number of esters is 1. The van der Waals surface area contributed by atoms with Crippen LogP contribution in [0.25, 0.3) is 0 Å². The molecule has 0 spiro atoms. The molecule has 0 aromatic carbocycles. The topological polar surface area (TPSA) is 69.4 Å². The summed E-state index contributed by atoms with van der Waals surface area (Å²) in [5.41, 5.74) is -0.974. The summed E-state index contributed by atoms with van der Waals surface area (Å²) in [5, 5.41) is 10.9. The van der Waals surface area contributed by atoms with Crippen LogP contribution in [-0.2, 0) is 9.53 Å². The number of nitrogens with zero attached hydrogens (tertiary/aromatic N) is 1. The summed E-state index contributed by atoms with van der Waals surface area (Å²) in [4.78, 5) is 21.7. The van der Waals surface area contributed by atoms with Gasteiger partial charge in [0.1, 0.15) is 0 Å². The van der Waals surface area contributed by atoms with Crippen LogP contribution in [0, 0.1) is 10.1 Å². The van der Waals surface area contributed by atoms with Gasteiger partial charge in [-0.25, -0.2) is 4.79 Å². The Bertz CT molecular complexity index is 374. The molecule has 0 N–H and O–H groups in total. The van der Waals surface area contributed by atoms with Gasteiger partial charge in [0.2, 0.25) is 0 Å². The fourth-order valence-electron chi connectivity index (χ4n) is 1.29.